The van der Waals surface area contributed by atoms with E-state index < -0.39 is 0 Å². The molecule has 0 saturated heterocycles. The molecule has 0 aliphatic carbocycles. The molecule has 0 spiro atoms. The molecule has 0 unspecified atom stereocenters. The van der Waals surface area contributed by atoms with Crippen molar-refractivity contribution in [2.24, 2.45) is 7.05 Å². The Morgan fingerprint density at radius 2 is 2.57 bits per heavy atom. The number of carbonyl (C=O) groups excluding carboxylic acids is 1. The summed E-state index contributed by atoms with van der Waals surface area (Å²) < 4.78 is 1.71. The third-order valence-electron chi connectivity index (χ3n) is 1.71. The van der Waals surface area contributed by atoms with Crippen LogP contribution in [0.5, 0.6) is 0 Å². The van der Waals surface area contributed by atoms with E-state index in [-0.39, 0.29) is 12.3 Å². The maximum Gasteiger partial charge on any atom is 0.234 e. The molecule has 0 aromatic carbocycles. The topological polar surface area (TPSA) is 70.7 Å². The van der Waals surface area contributed by atoms with E-state index in [4.69, 9.17) is 5.26 Å². The van der Waals surface area contributed by atoms with Crippen molar-refractivity contribution in [2.45, 2.75) is 12.8 Å². The molecule has 5 heteroatoms. The largest absolute Gasteiger partial charge is 0.355 e. The van der Waals surface area contributed by atoms with E-state index in [9.17, 15) is 4.79 Å². The fourth-order valence-corrected chi connectivity index (χ4v) is 1.06. The van der Waals surface area contributed by atoms with Crippen molar-refractivity contribution < 1.29 is 4.79 Å². The van der Waals surface area contributed by atoms with Gasteiger partial charge in [0.15, 0.2) is 0 Å². The first-order valence-electron chi connectivity index (χ1n) is 4.34. The molecule has 14 heavy (non-hydrogen) atoms. The van der Waals surface area contributed by atoms with Crippen LogP contribution in [0, 0.1) is 11.3 Å². The zero-order chi connectivity index (χ0) is 10.4. The van der Waals surface area contributed by atoms with Crippen molar-refractivity contribution in [1.29, 1.82) is 5.26 Å². The highest BCUT2D eigenvalue weighted by atomic mass is 16.1. The summed E-state index contributed by atoms with van der Waals surface area (Å²) in [5.41, 5.74) is 0.935. The van der Waals surface area contributed by atoms with E-state index in [1.165, 1.54) is 0 Å². The molecule has 1 aromatic rings. The van der Waals surface area contributed by atoms with Crippen LogP contribution in [-0.4, -0.2) is 22.2 Å². The second-order valence-corrected chi connectivity index (χ2v) is 2.92. The van der Waals surface area contributed by atoms with Crippen molar-refractivity contribution >= 4 is 5.91 Å². The van der Waals surface area contributed by atoms with E-state index in [1.54, 1.807) is 10.8 Å². The fraction of sp³-hybridized carbons (Fsp3) is 0.444. The summed E-state index contributed by atoms with van der Waals surface area (Å²) in [5.74, 6) is -0.233. The number of nitrogens with one attached hydrogen (secondary N) is 1. The van der Waals surface area contributed by atoms with Gasteiger partial charge in [0, 0.05) is 26.2 Å². The van der Waals surface area contributed by atoms with Crippen molar-refractivity contribution in [3.63, 3.8) is 0 Å². The quantitative estimate of drug-likeness (QED) is 0.729. The van der Waals surface area contributed by atoms with Crippen LogP contribution >= 0.6 is 0 Å². The van der Waals surface area contributed by atoms with Crippen LogP contribution < -0.4 is 5.32 Å². The molecule has 0 aliphatic heterocycles. The zero-order valence-electron chi connectivity index (χ0n) is 8.03. The molecule has 74 valence electrons. The number of carbonyl (C=O) groups is 1. The standard InChI is InChI=1S/C9H12N4O/c1-13-7-4-8(12-13)3-6-11-9(14)2-5-10/h4,7H,2-3,6H2,1H3,(H,11,14). The Hall–Kier alpha value is -1.83. The average Bonchev–Trinajstić information content (AvgIpc) is 2.52. The van der Waals surface area contributed by atoms with Crippen LogP contribution in [0.25, 0.3) is 0 Å². The van der Waals surface area contributed by atoms with Gasteiger partial charge in [0.2, 0.25) is 5.91 Å². The summed E-state index contributed by atoms with van der Waals surface area (Å²) in [5, 5.41) is 15.0. The second kappa shape index (κ2) is 5.02. The molecule has 0 saturated carbocycles. The van der Waals surface area contributed by atoms with Crippen LogP contribution in [0.2, 0.25) is 0 Å². The lowest BCUT2D eigenvalue weighted by molar-refractivity contribution is -0.120. The molecule has 0 atom stereocenters. The fourth-order valence-electron chi connectivity index (χ4n) is 1.06. The molecular weight excluding hydrogens is 180 g/mol. The normalized spacial score (nSPS) is 9.43. The van der Waals surface area contributed by atoms with Gasteiger partial charge >= 0.3 is 0 Å². The number of amides is 1. The van der Waals surface area contributed by atoms with Gasteiger partial charge in [-0.25, -0.2) is 0 Å². The predicted octanol–water partition coefficient (Wildman–Crippen LogP) is -0.00752. The van der Waals surface area contributed by atoms with E-state index in [0.29, 0.717) is 13.0 Å². The van der Waals surface area contributed by atoms with Gasteiger partial charge in [0.1, 0.15) is 6.42 Å². The lowest BCUT2D eigenvalue weighted by Crippen LogP contribution is -2.25. The van der Waals surface area contributed by atoms with Crippen LogP contribution in [-0.2, 0) is 18.3 Å². The molecule has 5 nitrogen and oxygen atoms in total. The number of aryl methyl sites for hydroxylation is 1. The summed E-state index contributed by atoms with van der Waals surface area (Å²) in [6, 6.07) is 3.69. The molecule has 0 aliphatic rings. The molecule has 1 amide bonds. The Morgan fingerprint density at radius 3 is 3.14 bits per heavy atom. The highest BCUT2D eigenvalue weighted by Gasteiger charge is 2.00. The molecule has 0 radical (unpaired) electrons. The lowest BCUT2D eigenvalue weighted by Gasteiger charge is -1.99. The first-order valence-corrected chi connectivity index (χ1v) is 4.34. The Balaban J connectivity index is 2.22. The summed E-state index contributed by atoms with van der Waals surface area (Å²) in [4.78, 5) is 10.9. The predicted molar refractivity (Wildman–Crippen MR) is 50.2 cm³/mol. The minimum Gasteiger partial charge on any atom is -0.355 e. The molecule has 1 heterocycles. The Morgan fingerprint density at radius 1 is 1.79 bits per heavy atom. The summed E-state index contributed by atoms with van der Waals surface area (Å²) in [6.07, 6.45) is 2.46. The molecule has 0 fully saturated rings. The van der Waals surface area contributed by atoms with Gasteiger partial charge in [-0.15, -0.1) is 0 Å². The number of hydrogen-bond acceptors (Lipinski definition) is 3. The van der Waals surface area contributed by atoms with E-state index in [2.05, 4.69) is 10.4 Å². The monoisotopic (exact) mass is 192 g/mol. The Bertz CT molecular complexity index is 350. The minimum atomic E-state index is -0.233. The number of nitrogens with zero attached hydrogens (tertiary/aromatic N) is 3. The second-order valence-electron chi connectivity index (χ2n) is 2.92. The van der Waals surface area contributed by atoms with E-state index >= 15 is 0 Å². The number of aromatic nitrogens is 2. The van der Waals surface area contributed by atoms with Crippen molar-refractivity contribution in [2.75, 3.05) is 6.54 Å². The zero-order valence-corrected chi connectivity index (χ0v) is 8.03. The SMILES string of the molecule is Cn1ccc(CCNC(=O)CC#N)n1. The van der Waals surface area contributed by atoms with E-state index in [1.807, 2.05) is 19.3 Å². The highest BCUT2D eigenvalue weighted by molar-refractivity contribution is 5.77. The average molecular weight is 192 g/mol. The molecule has 0 bridgehead atoms. The van der Waals surface area contributed by atoms with Gasteiger partial charge < -0.3 is 5.32 Å². The van der Waals surface area contributed by atoms with Gasteiger partial charge in [-0.2, -0.15) is 10.4 Å². The minimum absolute atomic E-state index is 0.0811. The third-order valence-corrected chi connectivity index (χ3v) is 1.71. The first-order chi connectivity index (χ1) is 6.72. The molecular formula is C9H12N4O. The molecule has 1 aromatic heterocycles. The van der Waals surface area contributed by atoms with Gasteiger partial charge in [0.25, 0.3) is 0 Å². The van der Waals surface area contributed by atoms with Crippen molar-refractivity contribution in [1.82, 2.24) is 15.1 Å². The molecule has 1 rings (SSSR count). The first kappa shape index (κ1) is 10.3. The van der Waals surface area contributed by atoms with Crippen molar-refractivity contribution in [3.8, 4) is 6.07 Å². The highest BCUT2D eigenvalue weighted by Crippen LogP contribution is 1.93. The summed E-state index contributed by atoms with van der Waals surface area (Å²) in [7, 11) is 1.85. The number of hydrogen-bond donors (Lipinski definition) is 1. The summed E-state index contributed by atoms with van der Waals surface area (Å²) in [6.45, 7) is 0.525. The lowest BCUT2D eigenvalue weighted by atomic mass is 10.3. The van der Waals surface area contributed by atoms with Crippen molar-refractivity contribution in [3.05, 3.63) is 18.0 Å². The van der Waals surface area contributed by atoms with E-state index in [0.717, 1.165) is 5.69 Å². The van der Waals surface area contributed by atoms with Crippen LogP contribution in [0.3, 0.4) is 0 Å². The van der Waals surface area contributed by atoms with Gasteiger partial charge in [0.05, 0.1) is 11.8 Å². The number of rotatable bonds is 4. The van der Waals surface area contributed by atoms with Gasteiger partial charge in [-0.1, -0.05) is 0 Å². The van der Waals surface area contributed by atoms with Crippen LogP contribution in [0.4, 0.5) is 0 Å². The smallest absolute Gasteiger partial charge is 0.234 e. The van der Waals surface area contributed by atoms with Crippen LogP contribution in [0.1, 0.15) is 12.1 Å². The Labute approximate surface area is 82.3 Å². The summed E-state index contributed by atoms with van der Waals surface area (Å²) >= 11 is 0. The molecule has 1 N–H and O–H groups in total. The maximum absolute atomic E-state index is 10.9. The van der Waals surface area contributed by atoms with Gasteiger partial charge in [-0.3, -0.25) is 9.48 Å². The number of nitriles is 1. The van der Waals surface area contributed by atoms with Gasteiger partial charge in [-0.05, 0) is 6.07 Å². The van der Waals surface area contributed by atoms with Crippen LogP contribution in [0.15, 0.2) is 12.3 Å². The maximum atomic E-state index is 10.9. The third kappa shape index (κ3) is 3.27. The Kier molecular flexibility index (Phi) is 3.68.